The number of nitrogens with zero attached hydrogens (tertiary/aromatic N) is 7. The van der Waals surface area contributed by atoms with Gasteiger partial charge in [-0.25, -0.2) is 9.67 Å². The van der Waals surface area contributed by atoms with Gasteiger partial charge < -0.3 is 15.4 Å². The van der Waals surface area contributed by atoms with E-state index in [1.165, 1.54) is 6.20 Å². The Labute approximate surface area is 268 Å². The van der Waals surface area contributed by atoms with Crippen LogP contribution >= 0.6 is 11.6 Å². The molecule has 10 nitrogen and oxygen atoms in total. The number of nitrogens with one attached hydrogen (secondary N) is 2. The summed E-state index contributed by atoms with van der Waals surface area (Å²) in [6.45, 7) is 8.86. The molecule has 5 aromatic rings. The van der Waals surface area contributed by atoms with Gasteiger partial charge in [0.2, 0.25) is 5.88 Å². The van der Waals surface area contributed by atoms with Crippen LogP contribution in [0.4, 0.5) is 17.1 Å². The van der Waals surface area contributed by atoms with E-state index in [0.717, 1.165) is 42.9 Å². The number of hydrogen-bond acceptors (Lipinski definition) is 9. The van der Waals surface area contributed by atoms with E-state index in [9.17, 15) is 5.26 Å². The van der Waals surface area contributed by atoms with Crippen molar-refractivity contribution in [3.05, 3.63) is 95.0 Å². The van der Waals surface area contributed by atoms with E-state index < -0.39 is 0 Å². The van der Waals surface area contributed by atoms with Crippen molar-refractivity contribution >= 4 is 39.6 Å². The van der Waals surface area contributed by atoms with Gasteiger partial charge in [0, 0.05) is 42.0 Å². The highest BCUT2D eigenvalue weighted by Crippen LogP contribution is 2.37. The van der Waals surface area contributed by atoms with Crippen molar-refractivity contribution in [2.75, 3.05) is 30.8 Å². The zero-order valence-corrected chi connectivity index (χ0v) is 26.6. The maximum atomic E-state index is 9.95. The van der Waals surface area contributed by atoms with Crippen LogP contribution in [0.2, 0.25) is 5.02 Å². The molecule has 45 heavy (non-hydrogen) atoms. The van der Waals surface area contributed by atoms with Gasteiger partial charge in [0.05, 0.1) is 59.1 Å². The molecule has 1 atom stereocenters. The summed E-state index contributed by atoms with van der Waals surface area (Å²) in [7, 11) is 1.57. The van der Waals surface area contributed by atoms with Gasteiger partial charge in [0.15, 0.2) is 0 Å². The van der Waals surface area contributed by atoms with E-state index in [4.69, 9.17) is 16.3 Å². The molecule has 1 aliphatic rings. The van der Waals surface area contributed by atoms with Gasteiger partial charge in [0.25, 0.3) is 0 Å². The SMILES string of the molecule is COc1ccc(Nc2c(C#N)cnc3c(Cl)cc(N[C@@H](c4ccccc4)c4cn(C5CCN(C(C)(C)C)CC5)nn4)cc23)cn1. The smallest absolute Gasteiger partial charge is 0.213 e. The summed E-state index contributed by atoms with van der Waals surface area (Å²) >= 11 is 6.82. The van der Waals surface area contributed by atoms with E-state index in [2.05, 4.69) is 81.0 Å². The van der Waals surface area contributed by atoms with Gasteiger partial charge in [-0.1, -0.05) is 47.1 Å². The number of methoxy groups -OCH3 is 1. The Hall–Kier alpha value is -4.72. The molecule has 0 spiro atoms. The van der Waals surface area contributed by atoms with Crippen LogP contribution < -0.4 is 15.4 Å². The largest absolute Gasteiger partial charge is 0.481 e. The molecule has 0 bridgehead atoms. The third-order valence-corrected chi connectivity index (χ3v) is 8.60. The van der Waals surface area contributed by atoms with Gasteiger partial charge in [-0.2, -0.15) is 5.26 Å². The highest BCUT2D eigenvalue weighted by atomic mass is 35.5. The average Bonchev–Trinajstić information content (AvgIpc) is 3.54. The van der Waals surface area contributed by atoms with Crippen LogP contribution in [0.5, 0.6) is 5.88 Å². The standard InChI is InChI=1S/C34H36ClN9O/c1-34(2,3)43-14-12-26(13-15-43)44-21-29(41-42-44)32(22-8-6-5-7-9-22)40-25-16-27-31(39-24-10-11-30(45-4)37-20-24)23(18-36)19-38-33(27)28(35)17-25/h5-11,16-17,19-21,26,32,40H,12-15H2,1-4H3,(H,38,39)/t32-/m0/s1. The molecule has 2 N–H and O–H groups in total. The predicted molar refractivity (Wildman–Crippen MR) is 177 cm³/mol. The zero-order chi connectivity index (χ0) is 31.6. The van der Waals surface area contributed by atoms with Crippen molar-refractivity contribution in [3.63, 3.8) is 0 Å². The maximum absolute atomic E-state index is 9.95. The zero-order valence-electron chi connectivity index (χ0n) is 25.8. The number of anilines is 3. The first-order valence-corrected chi connectivity index (χ1v) is 15.4. The molecule has 0 radical (unpaired) electrons. The number of fused-ring (bicyclic) bond motifs is 1. The monoisotopic (exact) mass is 621 g/mol. The number of benzene rings is 2. The number of halogens is 1. The van der Waals surface area contributed by atoms with E-state index in [1.807, 2.05) is 41.1 Å². The van der Waals surface area contributed by atoms with Crippen LogP contribution in [0, 0.1) is 11.3 Å². The molecule has 0 aliphatic carbocycles. The molecular formula is C34H36ClN9O. The second-order valence-electron chi connectivity index (χ2n) is 12.2. The lowest BCUT2D eigenvalue weighted by atomic mass is 9.98. The average molecular weight is 622 g/mol. The predicted octanol–water partition coefficient (Wildman–Crippen LogP) is 7.14. The van der Waals surface area contributed by atoms with Crippen LogP contribution in [0.3, 0.4) is 0 Å². The Morgan fingerprint density at radius 3 is 2.47 bits per heavy atom. The van der Waals surface area contributed by atoms with Crippen molar-refractivity contribution in [1.29, 1.82) is 5.26 Å². The molecule has 1 saturated heterocycles. The summed E-state index contributed by atoms with van der Waals surface area (Å²) in [6, 6.07) is 19.8. The van der Waals surface area contributed by atoms with E-state index >= 15 is 0 Å². The fourth-order valence-electron chi connectivity index (χ4n) is 5.82. The van der Waals surface area contributed by atoms with Crippen molar-refractivity contribution in [1.82, 2.24) is 29.9 Å². The van der Waals surface area contributed by atoms with Crippen LogP contribution in [0.15, 0.2) is 73.2 Å². The molecule has 0 saturated carbocycles. The number of hydrogen-bond donors (Lipinski definition) is 2. The molecule has 230 valence electrons. The van der Waals surface area contributed by atoms with Crippen molar-refractivity contribution in [2.24, 2.45) is 0 Å². The minimum atomic E-state index is -0.294. The maximum Gasteiger partial charge on any atom is 0.213 e. The number of pyridine rings is 2. The Morgan fingerprint density at radius 1 is 1.02 bits per heavy atom. The topological polar surface area (TPSA) is 117 Å². The van der Waals surface area contributed by atoms with Gasteiger partial charge in [0.1, 0.15) is 11.8 Å². The highest BCUT2D eigenvalue weighted by molar-refractivity contribution is 6.36. The molecule has 4 heterocycles. The third-order valence-electron chi connectivity index (χ3n) is 8.32. The minimum Gasteiger partial charge on any atom is -0.481 e. The van der Waals surface area contributed by atoms with E-state index in [0.29, 0.717) is 44.8 Å². The summed E-state index contributed by atoms with van der Waals surface area (Å²) in [4.78, 5) is 11.3. The van der Waals surface area contributed by atoms with E-state index in [-0.39, 0.29) is 11.6 Å². The quantitative estimate of drug-likeness (QED) is 0.186. The van der Waals surface area contributed by atoms with Gasteiger partial charge in [-0.3, -0.25) is 9.88 Å². The second-order valence-corrected chi connectivity index (χ2v) is 12.6. The van der Waals surface area contributed by atoms with Crippen molar-refractivity contribution in [3.8, 4) is 11.9 Å². The van der Waals surface area contributed by atoms with Gasteiger partial charge in [-0.05, 0) is 57.4 Å². The van der Waals surface area contributed by atoms with Crippen molar-refractivity contribution in [2.45, 2.75) is 51.2 Å². The molecular weight excluding hydrogens is 586 g/mol. The number of likely N-dealkylation sites (tertiary alicyclic amines) is 1. The summed E-state index contributed by atoms with van der Waals surface area (Å²) in [5.74, 6) is 0.495. The fraction of sp³-hybridized carbons (Fsp3) is 0.324. The van der Waals surface area contributed by atoms with Gasteiger partial charge >= 0.3 is 0 Å². The van der Waals surface area contributed by atoms with Crippen LogP contribution in [-0.2, 0) is 0 Å². The van der Waals surface area contributed by atoms with E-state index in [1.54, 1.807) is 19.4 Å². The Morgan fingerprint density at radius 2 is 1.80 bits per heavy atom. The molecule has 6 rings (SSSR count). The molecule has 2 aromatic carbocycles. The summed E-state index contributed by atoms with van der Waals surface area (Å²) in [5.41, 5.74) is 5.00. The normalized spacial score (nSPS) is 15.0. The second kappa shape index (κ2) is 12.7. The van der Waals surface area contributed by atoms with Crippen LogP contribution in [0.1, 0.15) is 62.5 Å². The summed E-state index contributed by atoms with van der Waals surface area (Å²) in [6.07, 6.45) is 7.29. The number of piperidine rings is 1. The molecule has 1 fully saturated rings. The Kier molecular flexibility index (Phi) is 8.57. The first-order valence-electron chi connectivity index (χ1n) is 15.0. The summed E-state index contributed by atoms with van der Waals surface area (Å²) < 4.78 is 7.21. The highest BCUT2D eigenvalue weighted by Gasteiger charge is 2.29. The third kappa shape index (κ3) is 6.55. The lowest BCUT2D eigenvalue weighted by molar-refractivity contribution is 0.0866. The lowest BCUT2D eigenvalue weighted by Gasteiger charge is -2.40. The number of ether oxygens (including phenoxy) is 1. The van der Waals surface area contributed by atoms with Crippen LogP contribution in [0.25, 0.3) is 10.9 Å². The Balaban J connectivity index is 1.34. The van der Waals surface area contributed by atoms with Crippen molar-refractivity contribution < 1.29 is 4.74 Å². The number of aromatic nitrogens is 5. The fourth-order valence-corrected chi connectivity index (χ4v) is 6.09. The Bertz CT molecular complexity index is 1820. The minimum absolute atomic E-state index is 0.159. The first-order chi connectivity index (χ1) is 21.7. The summed E-state index contributed by atoms with van der Waals surface area (Å²) in [5, 5.41) is 27.3. The molecule has 0 unspecified atom stereocenters. The molecule has 0 amide bonds. The lowest BCUT2D eigenvalue weighted by Crippen LogP contribution is -2.46. The number of rotatable bonds is 8. The molecule has 11 heteroatoms. The van der Waals surface area contributed by atoms with Crippen LogP contribution in [-0.4, -0.2) is 55.6 Å². The number of nitriles is 1. The van der Waals surface area contributed by atoms with Gasteiger partial charge in [-0.15, -0.1) is 5.10 Å². The molecule has 1 aliphatic heterocycles. The molecule has 3 aromatic heterocycles. The first kappa shape index (κ1) is 30.3.